The van der Waals surface area contributed by atoms with Crippen LogP contribution in [0.25, 0.3) is 0 Å². The number of rotatable bonds is 3. The Morgan fingerprint density at radius 3 is 2.37 bits per heavy atom. The topological polar surface area (TPSA) is 92.4 Å². The minimum atomic E-state index is -1.54. The molecule has 0 aliphatic heterocycles. The number of carbonyl (C=O) groups excluding carboxylic acids is 1. The van der Waals surface area contributed by atoms with Crippen molar-refractivity contribution in [1.29, 1.82) is 0 Å². The van der Waals surface area contributed by atoms with Gasteiger partial charge in [0.1, 0.15) is 11.6 Å². The summed E-state index contributed by atoms with van der Waals surface area (Å²) in [4.78, 5) is 22.5. The highest BCUT2D eigenvalue weighted by molar-refractivity contribution is 5.99. The number of carboxylic acids is 1. The van der Waals surface area contributed by atoms with Crippen LogP contribution in [0.3, 0.4) is 0 Å². The number of hydrogen-bond acceptors (Lipinski definition) is 3. The van der Waals surface area contributed by atoms with Crippen LogP contribution in [0.4, 0.5) is 14.5 Å². The summed E-state index contributed by atoms with van der Waals surface area (Å²) in [5.41, 5.74) is 3.60. The lowest BCUT2D eigenvalue weighted by atomic mass is 9.77. The molecule has 102 valence electrons. The molecule has 0 saturated heterocycles. The van der Waals surface area contributed by atoms with E-state index in [1.165, 1.54) is 0 Å². The fourth-order valence-corrected chi connectivity index (χ4v) is 1.84. The Hall–Kier alpha value is -2.02. The summed E-state index contributed by atoms with van der Waals surface area (Å²) in [5.74, 6) is -4.38. The smallest absolute Gasteiger partial charge is 0.338 e. The largest absolute Gasteiger partial charge is 0.478 e. The lowest BCUT2D eigenvalue weighted by molar-refractivity contribution is -0.123. The molecule has 2 rings (SSSR count). The molecular weight excluding hydrogens is 258 g/mol. The Morgan fingerprint density at radius 1 is 1.26 bits per heavy atom. The highest BCUT2D eigenvalue weighted by Crippen LogP contribution is 2.31. The van der Waals surface area contributed by atoms with E-state index in [0.717, 1.165) is 12.5 Å². The number of anilines is 1. The van der Waals surface area contributed by atoms with Gasteiger partial charge < -0.3 is 16.2 Å². The highest BCUT2D eigenvalue weighted by atomic mass is 19.1. The molecule has 1 fully saturated rings. The van der Waals surface area contributed by atoms with Crippen molar-refractivity contribution in [2.24, 2.45) is 5.73 Å². The Bertz CT molecular complexity index is 556. The number of aromatic carboxylic acids is 1. The maximum Gasteiger partial charge on any atom is 0.338 e. The van der Waals surface area contributed by atoms with Gasteiger partial charge in [0.15, 0.2) is 0 Å². The van der Waals surface area contributed by atoms with Crippen molar-refractivity contribution >= 4 is 17.6 Å². The van der Waals surface area contributed by atoms with Crippen LogP contribution in [-0.4, -0.2) is 22.5 Å². The summed E-state index contributed by atoms with van der Waals surface area (Å²) in [6, 6.07) is 1.16. The molecule has 19 heavy (non-hydrogen) atoms. The van der Waals surface area contributed by atoms with Crippen LogP contribution in [0.5, 0.6) is 0 Å². The second kappa shape index (κ2) is 4.58. The van der Waals surface area contributed by atoms with Crippen LogP contribution >= 0.6 is 0 Å². The zero-order valence-electron chi connectivity index (χ0n) is 9.87. The quantitative estimate of drug-likeness (QED) is 0.775. The zero-order valence-corrected chi connectivity index (χ0v) is 9.87. The molecule has 7 heteroatoms. The summed E-state index contributed by atoms with van der Waals surface area (Å²) in [7, 11) is 0. The van der Waals surface area contributed by atoms with Crippen LogP contribution in [0.2, 0.25) is 0 Å². The summed E-state index contributed by atoms with van der Waals surface area (Å²) in [6.45, 7) is 0. The fraction of sp³-hybridized carbons (Fsp3) is 0.333. The van der Waals surface area contributed by atoms with Crippen LogP contribution in [0.1, 0.15) is 29.6 Å². The molecule has 0 bridgehead atoms. The highest BCUT2D eigenvalue weighted by Gasteiger charge is 2.40. The van der Waals surface area contributed by atoms with Crippen molar-refractivity contribution < 1.29 is 23.5 Å². The Labute approximate surface area is 107 Å². The van der Waals surface area contributed by atoms with E-state index in [-0.39, 0.29) is 5.69 Å². The molecule has 1 aromatic rings. The molecule has 0 atom stereocenters. The minimum absolute atomic E-state index is 0.388. The molecule has 1 saturated carbocycles. The normalized spacial score (nSPS) is 16.6. The van der Waals surface area contributed by atoms with E-state index in [1.807, 2.05) is 0 Å². The predicted molar refractivity (Wildman–Crippen MR) is 62.7 cm³/mol. The zero-order chi connectivity index (χ0) is 14.2. The lowest BCUT2D eigenvalue weighted by Crippen LogP contribution is -2.56. The van der Waals surface area contributed by atoms with Crippen molar-refractivity contribution in [3.05, 3.63) is 29.3 Å². The maximum atomic E-state index is 13.5. The van der Waals surface area contributed by atoms with E-state index in [1.54, 1.807) is 0 Å². The molecule has 1 aliphatic rings. The molecule has 0 aromatic heterocycles. The van der Waals surface area contributed by atoms with Crippen molar-refractivity contribution in [2.45, 2.75) is 24.8 Å². The van der Waals surface area contributed by atoms with Gasteiger partial charge >= 0.3 is 5.97 Å². The van der Waals surface area contributed by atoms with Gasteiger partial charge in [-0.25, -0.2) is 13.6 Å². The number of benzene rings is 1. The van der Waals surface area contributed by atoms with E-state index in [0.29, 0.717) is 18.9 Å². The predicted octanol–water partition coefficient (Wildman–Crippen LogP) is 1.48. The van der Waals surface area contributed by atoms with Crippen LogP contribution in [-0.2, 0) is 4.79 Å². The number of amides is 1. The second-order valence-electron chi connectivity index (χ2n) is 4.58. The first-order chi connectivity index (χ1) is 8.83. The average Bonchev–Trinajstić information content (AvgIpc) is 2.28. The fourth-order valence-electron chi connectivity index (χ4n) is 1.84. The summed E-state index contributed by atoms with van der Waals surface area (Å²) in [6.07, 6.45) is 1.76. The lowest BCUT2D eigenvalue weighted by Gasteiger charge is -2.36. The third kappa shape index (κ3) is 2.41. The molecule has 0 unspecified atom stereocenters. The van der Waals surface area contributed by atoms with Gasteiger partial charge in [-0.2, -0.15) is 0 Å². The van der Waals surface area contributed by atoms with Gasteiger partial charge in [-0.3, -0.25) is 4.79 Å². The standard InChI is InChI=1S/C12H12F2N2O3/c13-7-5-8(14)9(4-6(7)10(17)18)16-11(19)12(15)2-1-3-12/h4-5H,1-3,15H2,(H,16,19)(H,17,18). The third-order valence-corrected chi connectivity index (χ3v) is 3.23. The van der Waals surface area contributed by atoms with E-state index in [4.69, 9.17) is 10.8 Å². The molecule has 0 radical (unpaired) electrons. The molecule has 0 heterocycles. The number of nitrogens with two attached hydrogens (primary N) is 1. The van der Waals surface area contributed by atoms with Gasteiger partial charge in [-0.05, 0) is 25.3 Å². The number of halogens is 2. The first kappa shape index (κ1) is 13.4. The van der Waals surface area contributed by atoms with E-state index < -0.39 is 34.6 Å². The van der Waals surface area contributed by atoms with Gasteiger partial charge in [0.25, 0.3) is 0 Å². The summed E-state index contributed by atoms with van der Waals surface area (Å²) >= 11 is 0. The Morgan fingerprint density at radius 2 is 1.89 bits per heavy atom. The van der Waals surface area contributed by atoms with Crippen LogP contribution in [0, 0.1) is 11.6 Å². The monoisotopic (exact) mass is 270 g/mol. The molecule has 0 spiro atoms. The molecule has 5 nitrogen and oxygen atoms in total. The van der Waals surface area contributed by atoms with Crippen molar-refractivity contribution in [3.63, 3.8) is 0 Å². The van der Waals surface area contributed by atoms with Gasteiger partial charge in [0.2, 0.25) is 5.91 Å². The van der Waals surface area contributed by atoms with Crippen LogP contribution in [0.15, 0.2) is 12.1 Å². The van der Waals surface area contributed by atoms with Gasteiger partial charge in [-0.15, -0.1) is 0 Å². The molecule has 1 amide bonds. The van der Waals surface area contributed by atoms with E-state index >= 15 is 0 Å². The molecule has 1 aliphatic carbocycles. The number of hydrogen-bond donors (Lipinski definition) is 3. The summed E-state index contributed by atoms with van der Waals surface area (Å²) < 4.78 is 26.6. The minimum Gasteiger partial charge on any atom is -0.478 e. The Kier molecular flexibility index (Phi) is 3.23. The molecule has 1 aromatic carbocycles. The van der Waals surface area contributed by atoms with Gasteiger partial charge in [-0.1, -0.05) is 0 Å². The maximum absolute atomic E-state index is 13.5. The second-order valence-corrected chi connectivity index (χ2v) is 4.58. The first-order valence-corrected chi connectivity index (χ1v) is 5.66. The van der Waals surface area contributed by atoms with E-state index in [2.05, 4.69) is 5.32 Å². The van der Waals surface area contributed by atoms with Gasteiger partial charge in [0, 0.05) is 6.07 Å². The van der Waals surface area contributed by atoms with Gasteiger partial charge in [0.05, 0.1) is 16.8 Å². The summed E-state index contributed by atoms with van der Waals surface area (Å²) in [5, 5.41) is 10.9. The average molecular weight is 270 g/mol. The number of carboxylic acid groups (broad SMARTS) is 1. The number of nitrogens with one attached hydrogen (secondary N) is 1. The number of carbonyl (C=O) groups is 2. The van der Waals surface area contributed by atoms with Crippen molar-refractivity contribution in [3.8, 4) is 0 Å². The third-order valence-electron chi connectivity index (χ3n) is 3.23. The molecule has 4 N–H and O–H groups in total. The SMILES string of the molecule is NC1(C(=O)Nc2cc(C(=O)O)c(F)cc2F)CCC1. The van der Waals surface area contributed by atoms with Crippen molar-refractivity contribution in [1.82, 2.24) is 0 Å². The molecular formula is C12H12F2N2O3. The van der Waals surface area contributed by atoms with Crippen molar-refractivity contribution in [2.75, 3.05) is 5.32 Å². The van der Waals surface area contributed by atoms with Crippen LogP contribution < -0.4 is 11.1 Å². The first-order valence-electron chi connectivity index (χ1n) is 5.66. The van der Waals surface area contributed by atoms with E-state index in [9.17, 15) is 18.4 Å². The Balaban J connectivity index is 2.27.